The average Bonchev–Trinajstić information content (AvgIpc) is 2.74. The van der Waals surface area contributed by atoms with Crippen molar-refractivity contribution in [2.45, 2.75) is 20.4 Å². The highest BCUT2D eigenvalue weighted by atomic mass is 15.0. The molecule has 0 saturated carbocycles. The fourth-order valence-corrected chi connectivity index (χ4v) is 2.13. The average molecular weight is 237 g/mol. The molecule has 90 valence electrons. The number of pyridine rings is 1. The quantitative estimate of drug-likeness (QED) is 0.685. The second-order valence-electron chi connectivity index (χ2n) is 4.66. The molecule has 0 aliphatic carbocycles. The Morgan fingerprint density at radius 2 is 2.00 bits per heavy atom. The van der Waals surface area contributed by atoms with Crippen molar-refractivity contribution in [1.82, 2.24) is 14.5 Å². The van der Waals surface area contributed by atoms with Gasteiger partial charge in [-0.15, -0.1) is 0 Å². The lowest BCUT2D eigenvalue weighted by molar-refractivity contribution is 0.819. The number of rotatable bonds is 2. The molecule has 2 aromatic heterocycles. The first-order valence-electron chi connectivity index (χ1n) is 6.05. The number of benzene rings is 1. The zero-order chi connectivity index (χ0) is 12.5. The molecule has 0 amide bonds. The Morgan fingerprint density at radius 3 is 2.78 bits per heavy atom. The van der Waals surface area contributed by atoms with Crippen molar-refractivity contribution in [3.8, 4) is 0 Å². The largest absolute Gasteiger partial charge is 0.326 e. The van der Waals surface area contributed by atoms with E-state index in [9.17, 15) is 0 Å². The standard InChI is InChI=1S/C15H15N3/c1-11-6-14-15(7-12(11)2)18(10-17-14)9-13-4-3-5-16-8-13/h3-8,10H,9H2,1-2H3. The van der Waals surface area contributed by atoms with Gasteiger partial charge in [0.25, 0.3) is 0 Å². The van der Waals surface area contributed by atoms with E-state index in [-0.39, 0.29) is 0 Å². The summed E-state index contributed by atoms with van der Waals surface area (Å²) in [6.45, 7) is 5.07. The first kappa shape index (κ1) is 11.0. The van der Waals surface area contributed by atoms with E-state index in [1.165, 1.54) is 22.2 Å². The van der Waals surface area contributed by atoms with Crippen molar-refractivity contribution in [2.75, 3.05) is 0 Å². The van der Waals surface area contributed by atoms with E-state index < -0.39 is 0 Å². The first-order chi connectivity index (χ1) is 8.74. The number of fused-ring (bicyclic) bond motifs is 1. The van der Waals surface area contributed by atoms with Gasteiger partial charge in [0, 0.05) is 12.4 Å². The summed E-state index contributed by atoms with van der Waals surface area (Å²) in [6.07, 6.45) is 5.59. The fourth-order valence-electron chi connectivity index (χ4n) is 2.13. The van der Waals surface area contributed by atoms with Gasteiger partial charge in [0.1, 0.15) is 0 Å². The van der Waals surface area contributed by atoms with Gasteiger partial charge in [-0.25, -0.2) is 4.98 Å². The van der Waals surface area contributed by atoms with Crippen LogP contribution in [0.2, 0.25) is 0 Å². The monoisotopic (exact) mass is 237 g/mol. The molecule has 0 bridgehead atoms. The van der Waals surface area contributed by atoms with Crippen LogP contribution in [0.15, 0.2) is 43.0 Å². The normalized spacial score (nSPS) is 11.0. The van der Waals surface area contributed by atoms with Crippen LogP contribution in [0.3, 0.4) is 0 Å². The summed E-state index contributed by atoms with van der Waals surface area (Å²) in [7, 11) is 0. The van der Waals surface area contributed by atoms with Gasteiger partial charge >= 0.3 is 0 Å². The third-order valence-electron chi connectivity index (χ3n) is 3.31. The Balaban J connectivity index is 2.05. The van der Waals surface area contributed by atoms with Crippen molar-refractivity contribution < 1.29 is 0 Å². The van der Waals surface area contributed by atoms with Gasteiger partial charge in [0.15, 0.2) is 0 Å². The maximum absolute atomic E-state index is 4.46. The molecule has 0 radical (unpaired) electrons. The van der Waals surface area contributed by atoms with Gasteiger partial charge in [-0.1, -0.05) is 6.07 Å². The molecule has 1 aromatic carbocycles. The van der Waals surface area contributed by atoms with Gasteiger partial charge in [0.2, 0.25) is 0 Å². The number of imidazole rings is 1. The maximum atomic E-state index is 4.46. The summed E-state index contributed by atoms with van der Waals surface area (Å²) in [4.78, 5) is 8.60. The third kappa shape index (κ3) is 1.88. The van der Waals surface area contributed by atoms with E-state index in [0.29, 0.717) is 0 Å². The molecule has 0 unspecified atom stereocenters. The highest BCUT2D eigenvalue weighted by Gasteiger charge is 2.05. The Bertz CT molecular complexity index is 684. The highest BCUT2D eigenvalue weighted by molar-refractivity contribution is 5.77. The predicted octanol–water partition coefficient (Wildman–Crippen LogP) is 3.10. The predicted molar refractivity (Wildman–Crippen MR) is 72.5 cm³/mol. The highest BCUT2D eigenvalue weighted by Crippen LogP contribution is 2.19. The van der Waals surface area contributed by atoms with Crippen molar-refractivity contribution >= 4 is 11.0 Å². The Kier molecular flexibility index (Phi) is 2.59. The summed E-state index contributed by atoms with van der Waals surface area (Å²) >= 11 is 0. The van der Waals surface area contributed by atoms with Crippen LogP contribution in [0.1, 0.15) is 16.7 Å². The molecule has 0 saturated heterocycles. The van der Waals surface area contributed by atoms with Crippen LogP contribution in [-0.2, 0) is 6.54 Å². The van der Waals surface area contributed by atoms with Crippen LogP contribution in [0.25, 0.3) is 11.0 Å². The van der Waals surface area contributed by atoms with Gasteiger partial charge < -0.3 is 4.57 Å². The minimum Gasteiger partial charge on any atom is -0.326 e. The lowest BCUT2D eigenvalue weighted by Crippen LogP contribution is -1.98. The molecular formula is C15H15N3. The molecule has 0 aliphatic heterocycles. The minimum atomic E-state index is 0.812. The molecule has 2 heterocycles. The smallest absolute Gasteiger partial charge is 0.0961 e. The number of hydrogen-bond acceptors (Lipinski definition) is 2. The summed E-state index contributed by atoms with van der Waals surface area (Å²) < 4.78 is 2.17. The SMILES string of the molecule is Cc1cc2ncn(Cc3cccnc3)c2cc1C. The number of aryl methyl sites for hydroxylation is 2. The summed E-state index contributed by atoms with van der Waals surface area (Å²) in [5.41, 5.74) is 6.02. The van der Waals surface area contributed by atoms with Crippen molar-refractivity contribution in [3.63, 3.8) is 0 Å². The second-order valence-corrected chi connectivity index (χ2v) is 4.66. The van der Waals surface area contributed by atoms with Crippen molar-refractivity contribution in [1.29, 1.82) is 0 Å². The van der Waals surface area contributed by atoms with Crippen LogP contribution in [0, 0.1) is 13.8 Å². The zero-order valence-electron chi connectivity index (χ0n) is 10.6. The summed E-state index contributed by atoms with van der Waals surface area (Å²) in [6, 6.07) is 8.39. The van der Waals surface area contributed by atoms with E-state index in [1.807, 2.05) is 18.6 Å². The Hall–Kier alpha value is -2.16. The molecule has 0 spiro atoms. The zero-order valence-corrected chi connectivity index (χ0v) is 10.6. The van der Waals surface area contributed by atoms with E-state index in [4.69, 9.17) is 0 Å². The number of nitrogens with zero attached hydrogens (tertiary/aromatic N) is 3. The van der Waals surface area contributed by atoms with E-state index >= 15 is 0 Å². The van der Waals surface area contributed by atoms with E-state index in [2.05, 4.69) is 46.6 Å². The van der Waals surface area contributed by atoms with Gasteiger partial charge in [0.05, 0.1) is 23.9 Å². The summed E-state index contributed by atoms with van der Waals surface area (Å²) in [5, 5.41) is 0. The van der Waals surface area contributed by atoms with Gasteiger partial charge in [-0.05, 0) is 48.7 Å². The van der Waals surface area contributed by atoms with Crippen molar-refractivity contribution in [2.24, 2.45) is 0 Å². The number of hydrogen-bond donors (Lipinski definition) is 0. The number of aromatic nitrogens is 3. The van der Waals surface area contributed by atoms with Crippen molar-refractivity contribution in [3.05, 3.63) is 59.7 Å². The van der Waals surface area contributed by atoms with Gasteiger partial charge in [-0.3, -0.25) is 4.98 Å². The topological polar surface area (TPSA) is 30.7 Å². The molecule has 18 heavy (non-hydrogen) atoms. The van der Waals surface area contributed by atoms with Gasteiger partial charge in [-0.2, -0.15) is 0 Å². The Labute approximate surface area is 106 Å². The molecule has 0 N–H and O–H groups in total. The molecule has 3 rings (SSSR count). The second kappa shape index (κ2) is 4.26. The van der Waals surface area contributed by atoms with Crippen LogP contribution >= 0.6 is 0 Å². The molecule has 0 atom stereocenters. The van der Waals surface area contributed by atoms with Crippen LogP contribution in [-0.4, -0.2) is 14.5 Å². The molecule has 3 nitrogen and oxygen atoms in total. The van der Waals surface area contributed by atoms with E-state index in [1.54, 1.807) is 6.20 Å². The Morgan fingerprint density at radius 1 is 1.17 bits per heavy atom. The molecule has 0 fully saturated rings. The molecule has 0 aliphatic rings. The van der Waals surface area contributed by atoms with E-state index in [0.717, 1.165) is 12.1 Å². The molecular weight excluding hydrogens is 222 g/mol. The van der Waals surface area contributed by atoms with Crippen LogP contribution in [0.4, 0.5) is 0 Å². The summed E-state index contributed by atoms with van der Waals surface area (Å²) in [5.74, 6) is 0. The lowest BCUT2D eigenvalue weighted by Gasteiger charge is -2.05. The first-order valence-corrected chi connectivity index (χ1v) is 6.05. The maximum Gasteiger partial charge on any atom is 0.0961 e. The lowest BCUT2D eigenvalue weighted by atomic mass is 10.1. The minimum absolute atomic E-state index is 0.812. The third-order valence-corrected chi connectivity index (χ3v) is 3.31. The molecule has 3 aromatic rings. The van der Waals surface area contributed by atoms with Crippen LogP contribution < -0.4 is 0 Å². The fraction of sp³-hybridized carbons (Fsp3) is 0.200. The molecule has 3 heteroatoms. The van der Waals surface area contributed by atoms with Crippen LogP contribution in [0.5, 0.6) is 0 Å².